The predicted molar refractivity (Wildman–Crippen MR) is 110 cm³/mol. The van der Waals surface area contributed by atoms with Gasteiger partial charge in [-0.2, -0.15) is 0 Å². The summed E-state index contributed by atoms with van der Waals surface area (Å²) in [5.41, 5.74) is 1.28. The summed E-state index contributed by atoms with van der Waals surface area (Å²) < 4.78 is 1.31. The molecule has 1 fully saturated rings. The third kappa shape index (κ3) is 5.10. The van der Waals surface area contributed by atoms with Crippen molar-refractivity contribution < 1.29 is 9.59 Å². The van der Waals surface area contributed by atoms with Gasteiger partial charge in [-0.15, -0.1) is 0 Å². The fraction of sp³-hybridized carbons (Fsp3) is 0.455. The predicted octanol–water partition coefficient (Wildman–Crippen LogP) is 2.27. The number of nitrogens with zero attached hydrogens (tertiary/aromatic N) is 3. The van der Waals surface area contributed by atoms with E-state index < -0.39 is 11.5 Å². The SMILES string of the molecule is Cc1cccnc1CNC(=O)c1cccn(CC(=O)N(C)C2CCCCC2)c1=O. The lowest BCUT2D eigenvalue weighted by atomic mass is 9.94. The molecule has 2 aromatic heterocycles. The third-order valence-electron chi connectivity index (χ3n) is 5.62. The molecule has 154 valence electrons. The number of pyridine rings is 2. The van der Waals surface area contributed by atoms with E-state index >= 15 is 0 Å². The van der Waals surface area contributed by atoms with Gasteiger partial charge in [0.1, 0.15) is 12.1 Å². The number of carbonyl (C=O) groups is 2. The molecule has 0 unspecified atom stereocenters. The Bertz CT molecular complexity index is 932. The van der Waals surface area contributed by atoms with Crippen molar-refractivity contribution in [2.45, 2.75) is 58.2 Å². The van der Waals surface area contributed by atoms with E-state index in [1.54, 1.807) is 30.4 Å². The second-order valence-corrected chi connectivity index (χ2v) is 7.60. The quantitative estimate of drug-likeness (QED) is 0.812. The summed E-state index contributed by atoms with van der Waals surface area (Å²) in [5, 5.41) is 2.74. The van der Waals surface area contributed by atoms with Crippen molar-refractivity contribution in [2.24, 2.45) is 0 Å². The van der Waals surface area contributed by atoms with E-state index in [4.69, 9.17) is 0 Å². The normalized spacial score (nSPS) is 14.4. The van der Waals surface area contributed by atoms with E-state index in [1.165, 1.54) is 17.1 Å². The molecule has 2 amide bonds. The number of likely N-dealkylation sites (N-methyl/N-ethyl adjacent to an activating group) is 1. The Labute approximate surface area is 170 Å². The number of hydrogen-bond donors (Lipinski definition) is 1. The fourth-order valence-electron chi connectivity index (χ4n) is 3.73. The molecule has 1 aliphatic rings. The zero-order valence-corrected chi connectivity index (χ0v) is 17.1. The van der Waals surface area contributed by atoms with Gasteiger partial charge >= 0.3 is 0 Å². The number of carbonyl (C=O) groups excluding carboxylic acids is 2. The Hall–Kier alpha value is -2.96. The van der Waals surface area contributed by atoms with Crippen LogP contribution in [-0.2, 0) is 17.9 Å². The van der Waals surface area contributed by atoms with Crippen LogP contribution in [0.4, 0.5) is 0 Å². The molecule has 7 heteroatoms. The van der Waals surface area contributed by atoms with Gasteiger partial charge in [0.05, 0.1) is 12.2 Å². The van der Waals surface area contributed by atoms with E-state index in [2.05, 4.69) is 10.3 Å². The molecule has 0 radical (unpaired) electrons. The topological polar surface area (TPSA) is 84.3 Å². The summed E-state index contributed by atoms with van der Waals surface area (Å²) in [4.78, 5) is 43.9. The molecule has 1 saturated carbocycles. The Kier molecular flexibility index (Phi) is 6.80. The van der Waals surface area contributed by atoms with Crippen LogP contribution >= 0.6 is 0 Å². The molecule has 29 heavy (non-hydrogen) atoms. The zero-order chi connectivity index (χ0) is 20.8. The van der Waals surface area contributed by atoms with Crippen molar-refractivity contribution in [3.63, 3.8) is 0 Å². The summed E-state index contributed by atoms with van der Waals surface area (Å²) in [5.74, 6) is -0.580. The first kappa shape index (κ1) is 20.8. The van der Waals surface area contributed by atoms with Crippen molar-refractivity contribution in [3.05, 3.63) is 63.8 Å². The second-order valence-electron chi connectivity index (χ2n) is 7.60. The minimum Gasteiger partial charge on any atom is -0.346 e. The van der Waals surface area contributed by atoms with Gasteiger partial charge in [0.25, 0.3) is 11.5 Å². The van der Waals surface area contributed by atoms with Gasteiger partial charge in [-0.25, -0.2) is 0 Å². The summed E-state index contributed by atoms with van der Waals surface area (Å²) in [6.45, 7) is 2.09. The molecule has 1 aliphatic carbocycles. The molecule has 0 saturated heterocycles. The average molecular weight is 396 g/mol. The maximum absolute atomic E-state index is 12.7. The number of aryl methyl sites for hydroxylation is 1. The average Bonchev–Trinajstić information content (AvgIpc) is 2.74. The van der Waals surface area contributed by atoms with Crippen LogP contribution in [-0.4, -0.2) is 39.4 Å². The molecule has 1 N–H and O–H groups in total. The van der Waals surface area contributed by atoms with E-state index in [9.17, 15) is 14.4 Å². The molecule has 2 aromatic rings. The first-order chi connectivity index (χ1) is 14.0. The van der Waals surface area contributed by atoms with E-state index in [0.717, 1.165) is 36.9 Å². The molecule has 0 spiro atoms. The van der Waals surface area contributed by atoms with Crippen LogP contribution in [0.15, 0.2) is 41.5 Å². The standard InChI is InChI=1S/C22H28N4O3/c1-16-8-6-12-23-19(16)14-24-21(28)18-11-7-13-26(22(18)29)15-20(27)25(2)17-9-4-3-5-10-17/h6-8,11-13,17H,3-5,9-10,14-15H2,1-2H3,(H,24,28). The van der Waals surface area contributed by atoms with Gasteiger partial charge in [0.2, 0.25) is 5.91 Å². The third-order valence-corrected chi connectivity index (χ3v) is 5.62. The molecule has 2 heterocycles. The van der Waals surface area contributed by atoms with Crippen molar-refractivity contribution in [2.75, 3.05) is 7.05 Å². The van der Waals surface area contributed by atoms with E-state index in [0.29, 0.717) is 0 Å². The van der Waals surface area contributed by atoms with Gasteiger partial charge in [-0.1, -0.05) is 25.3 Å². The van der Waals surface area contributed by atoms with Gasteiger partial charge in [-0.3, -0.25) is 19.4 Å². The lowest BCUT2D eigenvalue weighted by molar-refractivity contribution is -0.133. The molecule has 0 aromatic carbocycles. The van der Waals surface area contributed by atoms with E-state index in [-0.39, 0.29) is 30.6 Å². The highest BCUT2D eigenvalue weighted by Gasteiger charge is 2.23. The molecule has 7 nitrogen and oxygen atoms in total. The number of hydrogen-bond acceptors (Lipinski definition) is 4. The molecular formula is C22H28N4O3. The van der Waals surface area contributed by atoms with Crippen molar-refractivity contribution in [1.82, 2.24) is 19.8 Å². The van der Waals surface area contributed by atoms with Crippen molar-refractivity contribution in [1.29, 1.82) is 0 Å². The van der Waals surface area contributed by atoms with Crippen molar-refractivity contribution in [3.8, 4) is 0 Å². The van der Waals surface area contributed by atoms with Crippen LogP contribution in [0.5, 0.6) is 0 Å². The van der Waals surface area contributed by atoms with Crippen LogP contribution in [0.2, 0.25) is 0 Å². The lowest BCUT2D eigenvalue weighted by Gasteiger charge is -2.31. The molecule has 3 rings (SSSR count). The number of rotatable bonds is 6. The van der Waals surface area contributed by atoms with Crippen LogP contribution in [0, 0.1) is 6.92 Å². The Morgan fingerprint density at radius 2 is 1.97 bits per heavy atom. The molecule has 0 atom stereocenters. The number of aromatic nitrogens is 2. The fourth-order valence-corrected chi connectivity index (χ4v) is 3.73. The summed E-state index contributed by atoms with van der Waals surface area (Å²) >= 11 is 0. The van der Waals surface area contributed by atoms with E-state index in [1.807, 2.05) is 19.1 Å². The van der Waals surface area contributed by atoms with Gasteiger partial charge in [0, 0.05) is 25.5 Å². The van der Waals surface area contributed by atoms with Crippen LogP contribution < -0.4 is 10.9 Å². The van der Waals surface area contributed by atoms with Gasteiger partial charge in [-0.05, 0) is 43.5 Å². The largest absolute Gasteiger partial charge is 0.346 e. The molecule has 0 aliphatic heterocycles. The van der Waals surface area contributed by atoms with Gasteiger partial charge in [0.15, 0.2) is 0 Å². The maximum Gasteiger partial charge on any atom is 0.263 e. The Balaban J connectivity index is 1.67. The van der Waals surface area contributed by atoms with Gasteiger partial charge < -0.3 is 14.8 Å². The first-order valence-electron chi connectivity index (χ1n) is 10.1. The highest BCUT2D eigenvalue weighted by molar-refractivity contribution is 5.93. The zero-order valence-electron chi connectivity index (χ0n) is 17.1. The highest BCUT2D eigenvalue weighted by Crippen LogP contribution is 2.21. The number of nitrogens with one attached hydrogen (secondary N) is 1. The smallest absolute Gasteiger partial charge is 0.263 e. The summed E-state index contributed by atoms with van der Waals surface area (Å²) in [6.07, 6.45) is 8.71. The Morgan fingerprint density at radius 3 is 2.69 bits per heavy atom. The summed E-state index contributed by atoms with van der Waals surface area (Å²) in [7, 11) is 1.80. The second kappa shape index (κ2) is 9.49. The minimum atomic E-state index is -0.470. The summed E-state index contributed by atoms with van der Waals surface area (Å²) in [6, 6.07) is 7.08. The molecular weight excluding hydrogens is 368 g/mol. The highest BCUT2D eigenvalue weighted by atomic mass is 16.2. The number of amides is 2. The van der Waals surface area contributed by atoms with Crippen molar-refractivity contribution >= 4 is 11.8 Å². The monoisotopic (exact) mass is 396 g/mol. The molecule has 0 bridgehead atoms. The van der Waals surface area contributed by atoms with Crippen LogP contribution in [0.3, 0.4) is 0 Å². The first-order valence-corrected chi connectivity index (χ1v) is 10.1. The maximum atomic E-state index is 12.7. The minimum absolute atomic E-state index is 0.0224. The van der Waals surface area contributed by atoms with Crippen LogP contribution in [0.1, 0.15) is 53.7 Å². The lowest BCUT2D eigenvalue weighted by Crippen LogP contribution is -2.42. The van der Waals surface area contributed by atoms with Crippen LogP contribution in [0.25, 0.3) is 0 Å². The Morgan fingerprint density at radius 1 is 1.21 bits per heavy atom.